The maximum absolute atomic E-state index is 12.1. The standard InChI is InChI=1S/C12H14Cl3NO2/c1-2-7(5-6-17)16-12(18)10-8(13)3-4-9(14)11(10)15/h3-4,7,17H,2,5-6H2,1H3,(H,16,18). The second-order valence-corrected chi connectivity index (χ2v) is 5.00. The van der Waals surface area contributed by atoms with E-state index < -0.39 is 0 Å². The lowest BCUT2D eigenvalue weighted by atomic mass is 10.1. The molecule has 1 aromatic rings. The van der Waals surface area contributed by atoms with Crippen molar-refractivity contribution in [1.82, 2.24) is 5.32 Å². The number of aliphatic hydroxyl groups is 1. The van der Waals surface area contributed by atoms with Gasteiger partial charge < -0.3 is 10.4 Å². The van der Waals surface area contributed by atoms with Gasteiger partial charge in [-0.2, -0.15) is 0 Å². The van der Waals surface area contributed by atoms with E-state index in [0.717, 1.165) is 0 Å². The molecule has 1 aromatic carbocycles. The molecule has 6 heteroatoms. The average molecular weight is 311 g/mol. The van der Waals surface area contributed by atoms with Gasteiger partial charge in [-0.3, -0.25) is 4.79 Å². The number of benzene rings is 1. The van der Waals surface area contributed by atoms with Gasteiger partial charge in [0, 0.05) is 12.6 Å². The Morgan fingerprint density at radius 2 is 1.94 bits per heavy atom. The summed E-state index contributed by atoms with van der Waals surface area (Å²) in [4.78, 5) is 12.1. The molecule has 0 fully saturated rings. The SMILES string of the molecule is CCC(CCO)NC(=O)c1c(Cl)ccc(Cl)c1Cl. The van der Waals surface area contributed by atoms with E-state index in [2.05, 4.69) is 5.32 Å². The first-order valence-corrected chi connectivity index (χ1v) is 6.69. The lowest BCUT2D eigenvalue weighted by Crippen LogP contribution is -2.35. The fourth-order valence-corrected chi connectivity index (χ4v) is 2.23. The van der Waals surface area contributed by atoms with Crippen LogP contribution in [0, 0.1) is 0 Å². The van der Waals surface area contributed by atoms with Crippen LogP contribution >= 0.6 is 34.8 Å². The van der Waals surface area contributed by atoms with Crippen LogP contribution in [0.5, 0.6) is 0 Å². The minimum atomic E-state index is -0.382. The van der Waals surface area contributed by atoms with Crippen LogP contribution in [0.2, 0.25) is 15.1 Å². The number of carbonyl (C=O) groups is 1. The predicted molar refractivity (Wildman–Crippen MR) is 74.7 cm³/mol. The van der Waals surface area contributed by atoms with Crippen LogP contribution in [0.3, 0.4) is 0 Å². The minimum Gasteiger partial charge on any atom is -0.396 e. The van der Waals surface area contributed by atoms with Gasteiger partial charge in [0.05, 0.1) is 20.6 Å². The van der Waals surface area contributed by atoms with Gasteiger partial charge in [-0.25, -0.2) is 0 Å². The number of halogens is 3. The minimum absolute atomic E-state index is 0.00972. The van der Waals surface area contributed by atoms with E-state index >= 15 is 0 Å². The van der Waals surface area contributed by atoms with E-state index in [0.29, 0.717) is 12.8 Å². The van der Waals surface area contributed by atoms with Crippen molar-refractivity contribution in [2.24, 2.45) is 0 Å². The normalized spacial score (nSPS) is 12.3. The molecule has 1 atom stereocenters. The Morgan fingerprint density at radius 3 is 2.50 bits per heavy atom. The van der Waals surface area contributed by atoms with E-state index in [1.54, 1.807) is 0 Å². The molecular formula is C12H14Cl3NO2. The van der Waals surface area contributed by atoms with Gasteiger partial charge in [-0.15, -0.1) is 0 Å². The first-order valence-electron chi connectivity index (χ1n) is 5.56. The number of nitrogens with one attached hydrogen (secondary N) is 1. The molecule has 0 radical (unpaired) electrons. The predicted octanol–water partition coefficient (Wildman–Crippen LogP) is 3.54. The zero-order valence-electron chi connectivity index (χ0n) is 9.84. The van der Waals surface area contributed by atoms with Crippen LogP contribution in [0.25, 0.3) is 0 Å². The second-order valence-electron chi connectivity index (χ2n) is 3.81. The Balaban J connectivity index is 2.93. The van der Waals surface area contributed by atoms with Crippen molar-refractivity contribution in [2.75, 3.05) is 6.61 Å². The number of amides is 1. The summed E-state index contributed by atoms with van der Waals surface area (Å²) in [6.45, 7) is 1.93. The quantitative estimate of drug-likeness (QED) is 0.817. The van der Waals surface area contributed by atoms with Crippen LogP contribution in [0.1, 0.15) is 30.1 Å². The fourth-order valence-electron chi connectivity index (χ4n) is 1.53. The molecule has 0 heterocycles. The first kappa shape index (κ1) is 15.6. The molecule has 18 heavy (non-hydrogen) atoms. The summed E-state index contributed by atoms with van der Waals surface area (Å²) < 4.78 is 0. The third kappa shape index (κ3) is 3.75. The van der Waals surface area contributed by atoms with Crippen LogP contribution < -0.4 is 5.32 Å². The Kier molecular flexibility index (Phi) is 6.22. The molecule has 0 aromatic heterocycles. The van der Waals surface area contributed by atoms with Crippen molar-refractivity contribution in [3.05, 3.63) is 32.8 Å². The van der Waals surface area contributed by atoms with E-state index in [1.165, 1.54) is 12.1 Å². The smallest absolute Gasteiger partial charge is 0.254 e. The molecule has 0 aliphatic heterocycles. The van der Waals surface area contributed by atoms with Gasteiger partial charge in [0.1, 0.15) is 0 Å². The molecule has 2 N–H and O–H groups in total. The van der Waals surface area contributed by atoms with Crippen molar-refractivity contribution >= 4 is 40.7 Å². The van der Waals surface area contributed by atoms with Gasteiger partial charge in [0.15, 0.2) is 0 Å². The number of hydrogen-bond donors (Lipinski definition) is 2. The van der Waals surface area contributed by atoms with Crippen molar-refractivity contribution in [3.8, 4) is 0 Å². The number of rotatable bonds is 5. The largest absolute Gasteiger partial charge is 0.396 e. The summed E-state index contributed by atoms with van der Waals surface area (Å²) in [5.74, 6) is -0.382. The Hall–Kier alpha value is -0.480. The topological polar surface area (TPSA) is 49.3 Å². The van der Waals surface area contributed by atoms with Crippen LogP contribution in [0.4, 0.5) is 0 Å². The van der Waals surface area contributed by atoms with Crippen LogP contribution in [-0.4, -0.2) is 23.7 Å². The molecule has 0 aliphatic carbocycles. The molecule has 1 rings (SSSR count). The van der Waals surface area contributed by atoms with Gasteiger partial charge >= 0.3 is 0 Å². The molecule has 0 saturated heterocycles. The van der Waals surface area contributed by atoms with Crippen LogP contribution in [-0.2, 0) is 0 Å². The summed E-state index contributed by atoms with van der Waals surface area (Å²) in [6.07, 6.45) is 1.19. The number of aliphatic hydroxyl groups excluding tert-OH is 1. The molecule has 100 valence electrons. The maximum atomic E-state index is 12.1. The fraction of sp³-hybridized carbons (Fsp3) is 0.417. The Labute approximate surface area is 121 Å². The lowest BCUT2D eigenvalue weighted by Gasteiger charge is -2.17. The Bertz CT molecular complexity index is 438. The summed E-state index contributed by atoms with van der Waals surface area (Å²) in [5, 5.41) is 12.3. The van der Waals surface area contributed by atoms with Crippen molar-refractivity contribution in [1.29, 1.82) is 0 Å². The summed E-state index contributed by atoms with van der Waals surface area (Å²) in [6, 6.07) is 2.94. The molecule has 0 spiro atoms. The van der Waals surface area contributed by atoms with Crippen molar-refractivity contribution in [3.63, 3.8) is 0 Å². The van der Waals surface area contributed by atoms with E-state index in [4.69, 9.17) is 39.9 Å². The second kappa shape index (κ2) is 7.19. The third-order valence-corrected chi connectivity index (χ3v) is 3.70. The summed E-state index contributed by atoms with van der Waals surface area (Å²) in [7, 11) is 0. The van der Waals surface area contributed by atoms with E-state index in [9.17, 15) is 4.79 Å². The Morgan fingerprint density at radius 1 is 1.33 bits per heavy atom. The molecular weight excluding hydrogens is 296 g/mol. The highest BCUT2D eigenvalue weighted by Gasteiger charge is 2.19. The lowest BCUT2D eigenvalue weighted by molar-refractivity contribution is 0.0929. The van der Waals surface area contributed by atoms with Gasteiger partial charge in [-0.1, -0.05) is 41.7 Å². The maximum Gasteiger partial charge on any atom is 0.254 e. The zero-order chi connectivity index (χ0) is 13.7. The summed E-state index contributed by atoms with van der Waals surface area (Å²) >= 11 is 17.8. The molecule has 0 aliphatic rings. The molecule has 1 unspecified atom stereocenters. The van der Waals surface area contributed by atoms with Crippen molar-refractivity contribution in [2.45, 2.75) is 25.8 Å². The van der Waals surface area contributed by atoms with Gasteiger partial charge in [0.2, 0.25) is 0 Å². The van der Waals surface area contributed by atoms with Crippen molar-refractivity contribution < 1.29 is 9.90 Å². The average Bonchev–Trinajstić information content (AvgIpc) is 2.34. The highest BCUT2D eigenvalue weighted by molar-refractivity contribution is 6.46. The van der Waals surface area contributed by atoms with Crippen LogP contribution in [0.15, 0.2) is 12.1 Å². The first-order chi connectivity index (χ1) is 8.51. The zero-order valence-corrected chi connectivity index (χ0v) is 12.1. The highest BCUT2D eigenvalue weighted by Crippen LogP contribution is 2.31. The van der Waals surface area contributed by atoms with Gasteiger partial charge in [0.25, 0.3) is 5.91 Å². The molecule has 3 nitrogen and oxygen atoms in total. The molecule has 1 amide bonds. The van der Waals surface area contributed by atoms with E-state index in [-0.39, 0.29) is 39.2 Å². The highest BCUT2D eigenvalue weighted by atomic mass is 35.5. The molecule has 0 saturated carbocycles. The van der Waals surface area contributed by atoms with Gasteiger partial charge in [-0.05, 0) is 25.0 Å². The third-order valence-electron chi connectivity index (χ3n) is 2.58. The number of carbonyl (C=O) groups excluding carboxylic acids is 1. The monoisotopic (exact) mass is 309 g/mol. The van der Waals surface area contributed by atoms with E-state index in [1.807, 2.05) is 6.92 Å². The molecule has 0 bridgehead atoms. The summed E-state index contributed by atoms with van der Waals surface area (Å²) in [5.41, 5.74) is 0.169. The number of hydrogen-bond acceptors (Lipinski definition) is 2.